The minimum absolute atomic E-state index is 0.0405. The highest BCUT2D eigenvalue weighted by molar-refractivity contribution is 5.51. The van der Waals surface area contributed by atoms with Gasteiger partial charge in [-0.3, -0.25) is 0 Å². The van der Waals surface area contributed by atoms with Crippen molar-refractivity contribution in [2.45, 2.75) is 24.8 Å². The van der Waals surface area contributed by atoms with Gasteiger partial charge in [0.2, 0.25) is 0 Å². The molecule has 3 nitrogen and oxygen atoms in total. The molecule has 1 aromatic carbocycles. The Bertz CT molecular complexity index is 430. The predicted molar refractivity (Wildman–Crippen MR) is 54.3 cm³/mol. The SMILES string of the molecule is COc1c(F)cc(F)c(O)c1C1(N)CCC1. The number of ether oxygens (including phenoxy) is 1. The minimum Gasteiger partial charge on any atom is -0.504 e. The van der Waals surface area contributed by atoms with Crippen LogP contribution in [0, 0.1) is 11.6 Å². The summed E-state index contributed by atoms with van der Waals surface area (Å²) in [4.78, 5) is 0. The lowest BCUT2D eigenvalue weighted by atomic mass is 9.72. The highest BCUT2D eigenvalue weighted by Gasteiger charge is 2.41. The third kappa shape index (κ3) is 1.43. The van der Waals surface area contributed by atoms with E-state index in [1.165, 1.54) is 7.11 Å². The number of nitrogens with two attached hydrogens (primary N) is 1. The van der Waals surface area contributed by atoms with Gasteiger partial charge in [0.25, 0.3) is 0 Å². The lowest BCUT2D eigenvalue weighted by Crippen LogP contribution is -2.43. The summed E-state index contributed by atoms with van der Waals surface area (Å²) in [6.45, 7) is 0. The maximum atomic E-state index is 13.5. The molecule has 0 saturated heterocycles. The van der Waals surface area contributed by atoms with Crippen LogP contribution in [0.4, 0.5) is 8.78 Å². The van der Waals surface area contributed by atoms with Crippen molar-refractivity contribution < 1.29 is 18.6 Å². The van der Waals surface area contributed by atoms with Crippen molar-refractivity contribution >= 4 is 0 Å². The van der Waals surface area contributed by atoms with E-state index in [1.807, 2.05) is 0 Å². The molecule has 1 aliphatic rings. The van der Waals surface area contributed by atoms with Crippen molar-refractivity contribution in [1.29, 1.82) is 0 Å². The van der Waals surface area contributed by atoms with E-state index in [0.29, 0.717) is 18.9 Å². The zero-order valence-corrected chi connectivity index (χ0v) is 8.89. The number of phenols is 1. The summed E-state index contributed by atoms with van der Waals surface area (Å²) in [7, 11) is 1.27. The van der Waals surface area contributed by atoms with Gasteiger partial charge in [0, 0.05) is 11.6 Å². The number of methoxy groups -OCH3 is 1. The average molecular weight is 229 g/mol. The molecule has 5 heteroatoms. The third-order valence-corrected chi connectivity index (χ3v) is 3.11. The monoisotopic (exact) mass is 229 g/mol. The third-order valence-electron chi connectivity index (χ3n) is 3.11. The van der Waals surface area contributed by atoms with Crippen LogP contribution in [0.1, 0.15) is 24.8 Å². The molecule has 1 saturated carbocycles. The van der Waals surface area contributed by atoms with E-state index in [-0.39, 0.29) is 11.3 Å². The number of aromatic hydroxyl groups is 1. The van der Waals surface area contributed by atoms with E-state index in [1.54, 1.807) is 0 Å². The average Bonchev–Trinajstić information content (AvgIpc) is 2.19. The summed E-state index contributed by atoms with van der Waals surface area (Å²) in [6, 6.07) is 0.597. The van der Waals surface area contributed by atoms with Crippen molar-refractivity contribution in [3.05, 3.63) is 23.3 Å². The molecule has 1 aliphatic carbocycles. The molecule has 0 bridgehead atoms. The molecule has 1 fully saturated rings. The topological polar surface area (TPSA) is 55.5 Å². The molecule has 88 valence electrons. The quantitative estimate of drug-likeness (QED) is 0.815. The smallest absolute Gasteiger partial charge is 0.168 e. The molecule has 1 aromatic rings. The summed E-state index contributed by atoms with van der Waals surface area (Å²) in [5, 5.41) is 9.63. The molecular formula is C11H13F2NO2. The van der Waals surface area contributed by atoms with Gasteiger partial charge in [0.1, 0.15) is 0 Å². The van der Waals surface area contributed by atoms with E-state index in [0.717, 1.165) is 6.42 Å². The lowest BCUT2D eigenvalue weighted by molar-refractivity contribution is 0.229. The van der Waals surface area contributed by atoms with Gasteiger partial charge in [-0.05, 0) is 19.3 Å². The van der Waals surface area contributed by atoms with Crippen LogP contribution in [0.3, 0.4) is 0 Å². The standard InChI is InChI=1S/C11H13F2NO2/c1-16-10-7(13)5-6(12)9(15)8(10)11(14)3-2-4-11/h5,15H,2-4,14H2,1H3. The van der Waals surface area contributed by atoms with Crippen molar-refractivity contribution in [1.82, 2.24) is 0 Å². The van der Waals surface area contributed by atoms with Gasteiger partial charge >= 0.3 is 0 Å². The summed E-state index contributed by atoms with van der Waals surface area (Å²) in [6.07, 6.45) is 2.04. The van der Waals surface area contributed by atoms with Crippen LogP contribution < -0.4 is 10.5 Å². The van der Waals surface area contributed by atoms with E-state index >= 15 is 0 Å². The molecule has 0 atom stereocenters. The zero-order valence-electron chi connectivity index (χ0n) is 8.89. The predicted octanol–water partition coefficient (Wildman–Crippen LogP) is 2.02. The molecule has 0 aromatic heterocycles. The summed E-state index contributed by atoms with van der Waals surface area (Å²) in [5.74, 6) is -2.63. The van der Waals surface area contributed by atoms with Crippen LogP contribution in [0.25, 0.3) is 0 Å². The maximum absolute atomic E-state index is 13.5. The van der Waals surface area contributed by atoms with E-state index in [2.05, 4.69) is 0 Å². The number of rotatable bonds is 2. The molecule has 0 radical (unpaired) electrons. The van der Waals surface area contributed by atoms with Crippen molar-refractivity contribution in [2.24, 2.45) is 5.73 Å². The van der Waals surface area contributed by atoms with Crippen molar-refractivity contribution in [2.75, 3.05) is 7.11 Å². The van der Waals surface area contributed by atoms with Gasteiger partial charge in [-0.1, -0.05) is 0 Å². The second-order valence-corrected chi connectivity index (χ2v) is 4.11. The Kier molecular flexibility index (Phi) is 2.50. The highest BCUT2D eigenvalue weighted by atomic mass is 19.1. The number of halogens is 2. The molecule has 0 aliphatic heterocycles. The fourth-order valence-corrected chi connectivity index (χ4v) is 2.06. The summed E-state index contributed by atoms with van der Waals surface area (Å²) >= 11 is 0. The molecule has 0 heterocycles. The summed E-state index contributed by atoms with van der Waals surface area (Å²) < 4.78 is 31.5. The number of hydrogen-bond acceptors (Lipinski definition) is 3. The first-order chi connectivity index (χ1) is 7.49. The summed E-state index contributed by atoms with van der Waals surface area (Å²) in [5.41, 5.74) is 5.13. The van der Waals surface area contributed by atoms with Gasteiger partial charge in [0.15, 0.2) is 23.1 Å². The van der Waals surface area contributed by atoms with Crippen LogP contribution >= 0.6 is 0 Å². The van der Waals surface area contributed by atoms with Crippen LogP contribution in [0.2, 0.25) is 0 Å². The zero-order chi connectivity index (χ0) is 11.9. The van der Waals surface area contributed by atoms with Gasteiger partial charge in [-0.2, -0.15) is 0 Å². The number of phenolic OH excluding ortho intramolecular Hbond substituents is 1. The fourth-order valence-electron chi connectivity index (χ4n) is 2.06. The first-order valence-corrected chi connectivity index (χ1v) is 5.04. The second kappa shape index (κ2) is 3.59. The Balaban J connectivity index is 2.65. The Labute approximate surface area is 91.8 Å². The second-order valence-electron chi connectivity index (χ2n) is 4.11. The van der Waals surface area contributed by atoms with Crippen molar-refractivity contribution in [3.8, 4) is 11.5 Å². The Morgan fingerprint density at radius 2 is 2.00 bits per heavy atom. The Morgan fingerprint density at radius 1 is 1.38 bits per heavy atom. The number of hydrogen-bond donors (Lipinski definition) is 2. The first-order valence-electron chi connectivity index (χ1n) is 5.04. The van der Waals surface area contributed by atoms with Crippen LogP contribution in [0.15, 0.2) is 6.07 Å². The Hall–Kier alpha value is -1.36. The fraction of sp³-hybridized carbons (Fsp3) is 0.455. The van der Waals surface area contributed by atoms with Gasteiger partial charge in [0.05, 0.1) is 12.7 Å². The van der Waals surface area contributed by atoms with E-state index in [4.69, 9.17) is 10.5 Å². The maximum Gasteiger partial charge on any atom is 0.168 e. The Morgan fingerprint density at radius 3 is 2.44 bits per heavy atom. The molecule has 0 spiro atoms. The normalized spacial score (nSPS) is 18.0. The van der Waals surface area contributed by atoms with Gasteiger partial charge < -0.3 is 15.6 Å². The molecule has 3 N–H and O–H groups in total. The minimum atomic E-state index is -1.01. The first kappa shape index (κ1) is 11.1. The molecule has 0 amide bonds. The van der Waals surface area contributed by atoms with E-state index < -0.39 is 22.9 Å². The molecule has 2 rings (SSSR count). The lowest BCUT2D eigenvalue weighted by Gasteiger charge is -2.39. The molecule has 0 unspecified atom stereocenters. The van der Waals surface area contributed by atoms with Crippen LogP contribution in [-0.4, -0.2) is 12.2 Å². The van der Waals surface area contributed by atoms with Crippen molar-refractivity contribution in [3.63, 3.8) is 0 Å². The largest absolute Gasteiger partial charge is 0.504 e. The highest BCUT2D eigenvalue weighted by Crippen LogP contribution is 2.48. The van der Waals surface area contributed by atoms with Gasteiger partial charge in [-0.15, -0.1) is 0 Å². The molecule has 16 heavy (non-hydrogen) atoms. The molecular weight excluding hydrogens is 216 g/mol. The van der Waals surface area contributed by atoms with Crippen LogP contribution in [-0.2, 0) is 5.54 Å². The van der Waals surface area contributed by atoms with E-state index in [9.17, 15) is 13.9 Å². The van der Waals surface area contributed by atoms with Gasteiger partial charge in [-0.25, -0.2) is 8.78 Å². The van der Waals surface area contributed by atoms with Crippen LogP contribution in [0.5, 0.6) is 11.5 Å². The number of benzene rings is 1.